The van der Waals surface area contributed by atoms with Gasteiger partial charge in [-0.05, 0) is 24.5 Å². The zero-order valence-corrected chi connectivity index (χ0v) is 8.41. The van der Waals surface area contributed by atoms with Crippen LogP contribution in [-0.2, 0) is 0 Å². The van der Waals surface area contributed by atoms with Gasteiger partial charge in [0.25, 0.3) is 0 Å². The molecular formula is C10H18S. The summed E-state index contributed by atoms with van der Waals surface area (Å²) in [6.45, 7) is 4.53. The van der Waals surface area contributed by atoms with Gasteiger partial charge in [-0.2, -0.15) is 11.8 Å². The van der Waals surface area contributed by atoms with Gasteiger partial charge >= 0.3 is 0 Å². The number of hydrogen-bond acceptors (Lipinski definition) is 1. The van der Waals surface area contributed by atoms with Gasteiger partial charge in [-0.25, -0.2) is 0 Å². The number of hydrogen-bond donors (Lipinski definition) is 0. The van der Waals surface area contributed by atoms with Crippen LogP contribution in [0.15, 0.2) is 0 Å². The van der Waals surface area contributed by atoms with Crippen molar-refractivity contribution in [3.05, 3.63) is 6.42 Å². The first-order chi connectivity index (χ1) is 5.36. The minimum atomic E-state index is 0.736. The van der Waals surface area contributed by atoms with E-state index < -0.39 is 0 Å². The Labute approximate surface area is 75.1 Å². The van der Waals surface area contributed by atoms with E-state index in [0.29, 0.717) is 0 Å². The van der Waals surface area contributed by atoms with Crippen molar-refractivity contribution in [2.24, 2.45) is 5.92 Å². The summed E-state index contributed by atoms with van der Waals surface area (Å²) in [5.41, 5.74) is 0. The lowest BCUT2D eigenvalue weighted by atomic mass is 9.94. The Bertz CT molecular complexity index is 99.0. The van der Waals surface area contributed by atoms with Gasteiger partial charge in [0.15, 0.2) is 0 Å². The van der Waals surface area contributed by atoms with Crippen molar-refractivity contribution in [3.8, 4) is 0 Å². The van der Waals surface area contributed by atoms with Gasteiger partial charge in [-0.3, -0.25) is 0 Å². The minimum absolute atomic E-state index is 0.736. The van der Waals surface area contributed by atoms with Crippen LogP contribution in [0.5, 0.6) is 0 Å². The molecule has 2 unspecified atom stereocenters. The van der Waals surface area contributed by atoms with Crippen molar-refractivity contribution in [3.63, 3.8) is 0 Å². The minimum Gasteiger partial charge on any atom is -0.158 e. The highest BCUT2D eigenvalue weighted by atomic mass is 32.2. The molecule has 1 heteroatoms. The van der Waals surface area contributed by atoms with Crippen LogP contribution in [0.1, 0.15) is 39.5 Å². The fourth-order valence-corrected chi connectivity index (χ4v) is 2.79. The molecule has 0 aromatic carbocycles. The molecule has 0 aromatic rings. The Morgan fingerprint density at radius 1 is 1.45 bits per heavy atom. The van der Waals surface area contributed by atoms with E-state index in [9.17, 15) is 0 Å². The van der Waals surface area contributed by atoms with E-state index in [0.717, 1.165) is 11.2 Å². The van der Waals surface area contributed by atoms with Crippen LogP contribution in [0.3, 0.4) is 0 Å². The third-order valence-corrected chi connectivity index (χ3v) is 3.56. The van der Waals surface area contributed by atoms with E-state index >= 15 is 0 Å². The molecule has 1 aliphatic rings. The number of rotatable bonds is 3. The largest absolute Gasteiger partial charge is 0.158 e. The lowest BCUT2D eigenvalue weighted by Gasteiger charge is -2.26. The summed E-state index contributed by atoms with van der Waals surface area (Å²) in [6.07, 6.45) is 8.98. The molecule has 1 rings (SSSR count). The van der Waals surface area contributed by atoms with Crippen molar-refractivity contribution in [2.45, 2.75) is 44.8 Å². The highest BCUT2D eigenvalue weighted by Crippen LogP contribution is 2.32. The van der Waals surface area contributed by atoms with Crippen molar-refractivity contribution in [1.82, 2.24) is 0 Å². The molecule has 2 atom stereocenters. The van der Waals surface area contributed by atoms with Crippen molar-refractivity contribution in [1.29, 1.82) is 0 Å². The van der Waals surface area contributed by atoms with Crippen LogP contribution in [0, 0.1) is 12.3 Å². The van der Waals surface area contributed by atoms with Gasteiger partial charge in [-0.15, -0.1) is 0 Å². The van der Waals surface area contributed by atoms with Crippen molar-refractivity contribution in [2.75, 3.05) is 5.75 Å². The molecule has 11 heavy (non-hydrogen) atoms. The molecule has 1 saturated heterocycles. The molecular weight excluding hydrogens is 152 g/mol. The average molecular weight is 170 g/mol. The summed E-state index contributed by atoms with van der Waals surface area (Å²) in [6, 6.07) is 0. The second-order valence-corrected chi connectivity index (χ2v) is 4.52. The maximum Gasteiger partial charge on any atom is 0.0116 e. The van der Waals surface area contributed by atoms with E-state index in [4.69, 9.17) is 0 Å². The zero-order chi connectivity index (χ0) is 8.10. The monoisotopic (exact) mass is 170 g/mol. The maximum atomic E-state index is 3.67. The highest BCUT2D eigenvalue weighted by molar-refractivity contribution is 8.00. The molecule has 0 amide bonds. The molecule has 2 radical (unpaired) electrons. The molecule has 64 valence electrons. The van der Waals surface area contributed by atoms with Crippen molar-refractivity contribution < 1.29 is 0 Å². The predicted molar refractivity (Wildman–Crippen MR) is 52.8 cm³/mol. The van der Waals surface area contributed by atoms with Crippen LogP contribution in [0.4, 0.5) is 0 Å². The fraction of sp³-hybridized carbons (Fsp3) is 0.900. The van der Waals surface area contributed by atoms with Gasteiger partial charge in [-0.1, -0.05) is 26.7 Å². The third-order valence-electron chi connectivity index (χ3n) is 2.21. The zero-order valence-electron chi connectivity index (χ0n) is 7.60. The molecule has 0 N–H and O–H groups in total. The first kappa shape index (κ1) is 9.44. The summed E-state index contributed by atoms with van der Waals surface area (Å²) in [4.78, 5) is 0. The lowest BCUT2D eigenvalue weighted by molar-refractivity contribution is 0.504. The Hall–Kier alpha value is 0.350. The van der Waals surface area contributed by atoms with Gasteiger partial charge in [0, 0.05) is 11.7 Å². The second-order valence-electron chi connectivity index (χ2n) is 3.21. The summed E-state index contributed by atoms with van der Waals surface area (Å²) < 4.78 is 0. The standard InChI is InChI=1S/C10H18S/c1-3-5-9-6-7-11-10(4-2)8-9/h9-10H,3-7H2,1-2H3. The van der Waals surface area contributed by atoms with Crippen molar-refractivity contribution >= 4 is 11.8 Å². The molecule has 0 bridgehead atoms. The smallest absolute Gasteiger partial charge is 0.0116 e. The van der Waals surface area contributed by atoms with Gasteiger partial charge in [0.1, 0.15) is 0 Å². The normalized spacial score (nSPS) is 32.2. The molecule has 0 nitrogen and oxygen atoms in total. The van der Waals surface area contributed by atoms with Crippen LogP contribution < -0.4 is 0 Å². The van der Waals surface area contributed by atoms with E-state index in [-0.39, 0.29) is 0 Å². The lowest BCUT2D eigenvalue weighted by Crippen LogP contribution is -2.18. The summed E-state index contributed by atoms with van der Waals surface area (Å²) in [5, 5.41) is 0.736. The summed E-state index contributed by atoms with van der Waals surface area (Å²) in [5.74, 6) is 2.17. The first-order valence-corrected chi connectivity index (χ1v) is 5.79. The molecule has 0 aromatic heterocycles. The molecule has 1 aliphatic heterocycles. The Morgan fingerprint density at radius 2 is 2.27 bits per heavy atom. The van der Waals surface area contributed by atoms with Gasteiger partial charge in [0.2, 0.25) is 0 Å². The van der Waals surface area contributed by atoms with Crippen LogP contribution >= 0.6 is 11.8 Å². The van der Waals surface area contributed by atoms with Gasteiger partial charge in [0.05, 0.1) is 0 Å². The van der Waals surface area contributed by atoms with Crippen LogP contribution in [0.2, 0.25) is 0 Å². The summed E-state index contributed by atoms with van der Waals surface area (Å²) in [7, 11) is 0. The average Bonchev–Trinajstić information content (AvgIpc) is 2.06. The van der Waals surface area contributed by atoms with Crippen LogP contribution in [0.25, 0.3) is 0 Å². The molecule has 0 spiro atoms. The Morgan fingerprint density at radius 3 is 2.91 bits per heavy atom. The topological polar surface area (TPSA) is 0 Å². The third kappa shape index (κ3) is 3.06. The highest BCUT2D eigenvalue weighted by Gasteiger charge is 2.20. The van der Waals surface area contributed by atoms with E-state index in [1.54, 1.807) is 0 Å². The van der Waals surface area contributed by atoms with E-state index in [2.05, 4.69) is 32.0 Å². The second kappa shape index (κ2) is 5.08. The fourth-order valence-electron chi connectivity index (χ4n) is 1.56. The number of thioether (sulfide) groups is 1. The molecule has 1 heterocycles. The Balaban J connectivity index is 2.21. The van der Waals surface area contributed by atoms with E-state index in [1.807, 2.05) is 0 Å². The predicted octanol–water partition coefficient (Wildman–Crippen LogP) is 3.40. The van der Waals surface area contributed by atoms with Crippen LogP contribution in [-0.4, -0.2) is 11.0 Å². The molecule has 1 fully saturated rings. The SMILES string of the molecule is CCCC1[C]C(CC)SCC1. The quantitative estimate of drug-likeness (QED) is 0.625. The molecule has 0 aliphatic carbocycles. The summed E-state index contributed by atoms with van der Waals surface area (Å²) >= 11 is 2.08. The molecule has 0 saturated carbocycles. The maximum absolute atomic E-state index is 3.67. The van der Waals surface area contributed by atoms with Gasteiger partial charge < -0.3 is 0 Å². The Kier molecular flexibility index (Phi) is 4.36. The van der Waals surface area contributed by atoms with E-state index in [1.165, 1.54) is 31.4 Å². The first-order valence-electron chi connectivity index (χ1n) is 4.74.